The molecule has 0 saturated carbocycles. The lowest BCUT2D eigenvalue weighted by Gasteiger charge is -2.18. The van der Waals surface area contributed by atoms with Crippen molar-refractivity contribution >= 4 is 5.97 Å². The van der Waals surface area contributed by atoms with Gasteiger partial charge in [-0.3, -0.25) is 9.69 Å². The molecule has 0 saturated heterocycles. The van der Waals surface area contributed by atoms with Gasteiger partial charge in [0.05, 0.1) is 38.8 Å². The topological polar surface area (TPSA) is 55.8 Å². The first kappa shape index (κ1) is 13.4. The molecule has 0 bridgehead atoms. The molecule has 0 spiro atoms. The molecule has 0 aromatic carbocycles. The van der Waals surface area contributed by atoms with Crippen LogP contribution in [0.2, 0.25) is 0 Å². The summed E-state index contributed by atoms with van der Waals surface area (Å²) in [7, 11) is 0. The van der Waals surface area contributed by atoms with Gasteiger partial charge in [-0.15, -0.1) is 0 Å². The van der Waals surface area contributed by atoms with E-state index >= 15 is 0 Å². The van der Waals surface area contributed by atoms with Crippen molar-refractivity contribution in [3.05, 3.63) is 48.3 Å². The van der Waals surface area contributed by atoms with Crippen molar-refractivity contribution in [2.24, 2.45) is 0 Å². The summed E-state index contributed by atoms with van der Waals surface area (Å²) in [6.07, 6.45) is 3.23. The highest BCUT2D eigenvalue weighted by molar-refractivity contribution is 5.71. The van der Waals surface area contributed by atoms with Crippen molar-refractivity contribution in [3.63, 3.8) is 0 Å². The summed E-state index contributed by atoms with van der Waals surface area (Å²) in [6, 6.07) is 7.40. The van der Waals surface area contributed by atoms with E-state index in [1.165, 1.54) is 0 Å². The van der Waals surface area contributed by atoms with E-state index in [4.69, 9.17) is 13.6 Å². The Labute approximate surface area is 111 Å². The summed E-state index contributed by atoms with van der Waals surface area (Å²) >= 11 is 0. The number of ether oxygens (including phenoxy) is 1. The second kappa shape index (κ2) is 6.80. The molecule has 2 aromatic heterocycles. The fourth-order valence-corrected chi connectivity index (χ4v) is 1.80. The summed E-state index contributed by atoms with van der Waals surface area (Å²) in [6.45, 7) is 3.45. The third-order valence-corrected chi connectivity index (χ3v) is 2.58. The van der Waals surface area contributed by atoms with E-state index in [1.807, 2.05) is 29.2 Å². The number of hydrogen-bond acceptors (Lipinski definition) is 5. The number of nitrogens with zero attached hydrogens (tertiary/aromatic N) is 1. The Morgan fingerprint density at radius 2 is 1.74 bits per heavy atom. The lowest BCUT2D eigenvalue weighted by atomic mass is 10.3. The molecule has 0 aliphatic heterocycles. The molecule has 0 aliphatic rings. The van der Waals surface area contributed by atoms with E-state index in [0.717, 1.165) is 11.5 Å². The standard InChI is InChI=1S/C14H17NO4/c1-2-17-14(16)11-15(9-12-5-3-7-18-12)10-13-6-4-8-19-13/h3-8H,2,9-11H2,1H3. The first-order chi connectivity index (χ1) is 9.28. The van der Waals surface area contributed by atoms with E-state index in [1.54, 1.807) is 19.5 Å². The van der Waals surface area contributed by atoms with Gasteiger partial charge < -0.3 is 13.6 Å². The molecule has 0 fully saturated rings. The maximum Gasteiger partial charge on any atom is 0.320 e. The van der Waals surface area contributed by atoms with Crippen LogP contribution in [0, 0.1) is 0 Å². The summed E-state index contributed by atoms with van der Waals surface area (Å²) in [5.74, 6) is 1.35. The highest BCUT2D eigenvalue weighted by atomic mass is 16.5. The Hall–Kier alpha value is -2.01. The Morgan fingerprint density at radius 1 is 1.16 bits per heavy atom. The van der Waals surface area contributed by atoms with Crippen LogP contribution < -0.4 is 0 Å². The van der Waals surface area contributed by atoms with Crippen LogP contribution >= 0.6 is 0 Å². The van der Waals surface area contributed by atoms with Gasteiger partial charge in [-0.2, -0.15) is 0 Å². The van der Waals surface area contributed by atoms with Gasteiger partial charge in [0.25, 0.3) is 0 Å². The van der Waals surface area contributed by atoms with E-state index in [0.29, 0.717) is 19.7 Å². The van der Waals surface area contributed by atoms with Crippen LogP contribution in [-0.2, 0) is 22.6 Å². The van der Waals surface area contributed by atoms with Crippen LogP contribution in [0.3, 0.4) is 0 Å². The van der Waals surface area contributed by atoms with E-state index in [9.17, 15) is 4.79 Å². The molecule has 2 rings (SSSR count). The van der Waals surface area contributed by atoms with Crippen LogP contribution in [0.4, 0.5) is 0 Å². The maximum absolute atomic E-state index is 11.6. The van der Waals surface area contributed by atoms with Gasteiger partial charge in [0, 0.05) is 0 Å². The van der Waals surface area contributed by atoms with Crippen molar-refractivity contribution < 1.29 is 18.4 Å². The Balaban J connectivity index is 1.97. The molecule has 2 heterocycles. The summed E-state index contributed by atoms with van der Waals surface area (Å²) < 4.78 is 15.6. The van der Waals surface area contributed by atoms with Crippen molar-refractivity contribution in [1.29, 1.82) is 0 Å². The van der Waals surface area contributed by atoms with Crippen LogP contribution in [0.5, 0.6) is 0 Å². The van der Waals surface area contributed by atoms with Crippen LogP contribution in [-0.4, -0.2) is 24.0 Å². The highest BCUT2D eigenvalue weighted by Gasteiger charge is 2.15. The second-order valence-corrected chi connectivity index (χ2v) is 4.11. The predicted octanol–water partition coefficient (Wildman–Crippen LogP) is 2.44. The average molecular weight is 263 g/mol. The number of esters is 1. The number of carbonyl (C=O) groups excluding carboxylic acids is 1. The quantitative estimate of drug-likeness (QED) is 0.718. The van der Waals surface area contributed by atoms with Gasteiger partial charge in [0.15, 0.2) is 0 Å². The van der Waals surface area contributed by atoms with Gasteiger partial charge in [-0.1, -0.05) is 0 Å². The monoisotopic (exact) mass is 263 g/mol. The Morgan fingerprint density at radius 3 is 2.16 bits per heavy atom. The molecule has 102 valence electrons. The van der Waals surface area contributed by atoms with Crippen LogP contribution in [0.25, 0.3) is 0 Å². The van der Waals surface area contributed by atoms with Gasteiger partial charge in [0.2, 0.25) is 0 Å². The number of furan rings is 2. The molecule has 5 heteroatoms. The first-order valence-corrected chi connectivity index (χ1v) is 6.20. The molecule has 0 amide bonds. The maximum atomic E-state index is 11.6. The molecular weight excluding hydrogens is 246 g/mol. The van der Waals surface area contributed by atoms with Crippen molar-refractivity contribution in [3.8, 4) is 0 Å². The molecule has 0 unspecified atom stereocenters. The Bertz CT molecular complexity index is 439. The molecule has 5 nitrogen and oxygen atoms in total. The predicted molar refractivity (Wildman–Crippen MR) is 68.2 cm³/mol. The zero-order chi connectivity index (χ0) is 13.5. The molecule has 0 radical (unpaired) electrons. The largest absolute Gasteiger partial charge is 0.468 e. The lowest BCUT2D eigenvalue weighted by Crippen LogP contribution is -2.30. The van der Waals surface area contributed by atoms with Gasteiger partial charge in [-0.05, 0) is 31.2 Å². The zero-order valence-electron chi connectivity index (χ0n) is 10.9. The fraction of sp³-hybridized carbons (Fsp3) is 0.357. The van der Waals surface area contributed by atoms with E-state index in [2.05, 4.69) is 0 Å². The van der Waals surface area contributed by atoms with Crippen molar-refractivity contribution in [2.45, 2.75) is 20.0 Å². The lowest BCUT2D eigenvalue weighted by molar-refractivity contribution is -0.144. The third kappa shape index (κ3) is 4.30. The van der Waals surface area contributed by atoms with Gasteiger partial charge in [-0.25, -0.2) is 0 Å². The highest BCUT2D eigenvalue weighted by Crippen LogP contribution is 2.11. The summed E-state index contributed by atoms with van der Waals surface area (Å²) in [4.78, 5) is 13.5. The number of rotatable bonds is 7. The smallest absolute Gasteiger partial charge is 0.320 e. The summed E-state index contributed by atoms with van der Waals surface area (Å²) in [5, 5.41) is 0. The van der Waals surface area contributed by atoms with E-state index < -0.39 is 0 Å². The first-order valence-electron chi connectivity index (χ1n) is 6.20. The Kier molecular flexibility index (Phi) is 4.80. The van der Waals surface area contributed by atoms with Crippen LogP contribution in [0.15, 0.2) is 45.6 Å². The number of hydrogen-bond donors (Lipinski definition) is 0. The fourth-order valence-electron chi connectivity index (χ4n) is 1.80. The van der Waals surface area contributed by atoms with Crippen molar-refractivity contribution in [2.75, 3.05) is 13.2 Å². The van der Waals surface area contributed by atoms with Gasteiger partial charge >= 0.3 is 5.97 Å². The zero-order valence-corrected chi connectivity index (χ0v) is 10.9. The molecule has 19 heavy (non-hydrogen) atoms. The molecule has 2 aromatic rings. The van der Waals surface area contributed by atoms with Crippen molar-refractivity contribution in [1.82, 2.24) is 4.90 Å². The minimum Gasteiger partial charge on any atom is -0.468 e. The normalized spacial score (nSPS) is 10.8. The third-order valence-electron chi connectivity index (χ3n) is 2.58. The summed E-state index contributed by atoms with van der Waals surface area (Å²) in [5.41, 5.74) is 0. The molecule has 0 N–H and O–H groups in total. The molecule has 0 atom stereocenters. The minimum absolute atomic E-state index is 0.204. The van der Waals surface area contributed by atoms with Gasteiger partial charge in [0.1, 0.15) is 11.5 Å². The number of carbonyl (C=O) groups is 1. The molecule has 0 aliphatic carbocycles. The second-order valence-electron chi connectivity index (χ2n) is 4.11. The van der Waals surface area contributed by atoms with Crippen LogP contribution in [0.1, 0.15) is 18.4 Å². The minimum atomic E-state index is -0.249. The molecular formula is C14H17NO4. The average Bonchev–Trinajstić information content (AvgIpc) is 3.02. The SMILES string of the molecule is CCOC(=O)CN(Cc1ccco1)Cc1ccco1. The van der Waals surface area contributed by atoms with E-state index in [-0.39, 0.29) is 12.5 Å².